The second kappa shape index (κ2) is 5.12. The van der Waals surface area contributed by atoms with Gasteiger partial charge >= 0.3 is 0 Å². The zero-order valence-electron chi connectivity index (χ0n) is 10.7. The number of benzene rings is 1. The van der Waals surface area contributed by atoms with Gasteiger partial charge in [0.15, 0.2) is 0 Å². The normalized spacial score (nSPS) is 19.4. The Balaban J connectivity index is 2.11. The summed E-state index contributed by atoms with van der Waals surface area (Å²) in [5.74, 6) is -0.295. The Morgan fingerprint density at radius 3 is 2.67 bits per heavy atom. The average Bonchev–Trinajstić information content (AvgIpc) is 2.79. The largest absolute Gasteiger partial charge is 0.310 e. The van der Waals surface area contributed by atoms with E-state index in [1.54, 1.807) is 12.1 Å². The minimum Gasteiger partial charge on any atom is -0.310 e. The molecule has 2 heterocycles. The minimum atomic E-state index is -3.78. The highest BCUT2D eigenvalue weighted by Gasteiger charge is 2.38. The molecule has 0 bridgehead atoms. The second-order valence-corrected chi connectivity index (χ2v) is 8.08. The van der Waals surface area contributed by atoms with E-state index in [-0.39, 0.29) is 24.0 Å². The lowest BCUT2D eigenvalue weighted by Crippen LogP contribution is -2.27. The predicted octanol–water partition coefficient (Wildman–Crippen LogP) is 2.56. The molecule has 21 heavy (non-hydrogen) atoms. The van der Waals surface area contributed by atoms with Crippen LogP contribution in [0.15, 0.2) is 30.3 Å². The SMILES string of the molecule is O=C1CC(S(=O)(=O)Cl)CN1c1cc(Cl)nc2ccccc12. The van der Waals surface area contributed by atoms with Gasteiger partial charge in [0, 0.05) is 29.0 Å². The highest BCUT2D eigenvalue weighted by atomic mass is 35.7. The Morgan fingerprint density at radius 2 is 2.00 bits per heavy atom. The van der Waals surface area contributed by atoms with Crippen LogP contribution in [0, 0.1) is 0 Å². The number of halogens is 2. The number of fused-ring (bicyclic) bond motifs is 1. The smallest absolute Gasteiger partial charge is 0.237 e. The molecule has 8 heteroatoms. The van der Waals surface area contributed by atoms with Crippen molar-refractivity contribution in [2.45, 2.75) is 11.7 Å². The maximum absolute atomic E-state index is 12.1. The van der Waals surface area contributed by atoms with Gasteiger partial charge in [0.05, 0.1) is 11.2 Å². The molecule has 1 aromatic heterocycles. The maximum Gasteiger partial charge on any atom is 0.237 e. The number of pyridine rings is 1. The fraction of sp³-hybridized carbons (Fsp3) is 0.231. The molecule has 110 valence electrons. The molecule has 1 unspecified atom stereocenters. The molecule has 5 nitrogen and oxygen atoms in total. The Labute approximate surface area is 130 Å². The van der Waals surface area contributed by atoms with E-state index in [0.717, 1.165) is 5.39 Å². The molecule has 1 aromatic carbocycles. The number of nitrogens with zero attached hydrogens (tertiary/aromatic N) is 2. The fourth-order valence-electron chi connectivity index (χ4n) is 2.45. The van der Waals surface area contributed by atoms with Crippen LogP contribution in [0.1, 0.15) is 6.42 Å². The lowest BCUT2D eigenvalue weighted by Gasteiger charge is -2.18. The first-order valence-corrected chi connectivity index (χ1v) is 8.90. The molecular weight excluding hydrogens is 335 g/mol. The van der Waals surface area contributed by atoms with Crippen LogP contribution in [-0.4, -0.2) is 31.1 Å². The first kappa shape index (κ1) is 14.6. The van der Waals surface area contributed by atoms with Gasteiger partial charge in [-0.1, -0.05) is 29.8 Å². The number of hydrogen-bond donors (Lipinski definition) is 0. The monoisotopic (exact) mass is 344 g/mol. The van der Waals surface area contributed by atoms with Gasteiger partial charge in [-0.05, 0) is 12.1 Å². The topological polar surface area (TPSA) is 67.3 Å². The summed E-state index contributed by atoms with van der Waals surface area (Å²) in [6, 6.07) is 8.78. The van der Waals surface area contributed by atoms with Crippen molar-refractivity contribution in [3.8, 4) is 0 Å². The van der Waals surface area contributed by atoms with E-state index in [0.29, 0.717) is 11.2 Å². The van der Waals surface area contributed by atoms with Crippen molar-refractivity contribution in [1.29, 1.82) is 0 Å². The number of aromatic nitrogens is 1. The van der Waals surface area contributed by atoms with Gasteiger partial charge in [0.1, 0.15) is 10.4 Å². The third kappa shape index (κ3) is 2.71. The van der Waals surface area contributed by atoms with Crippen LogP contribution in [0.5, 0.6) is 0 Å². The second-order valence-electron chi connectivity index (χ2n) is 4.79. The molecule has 0 radical (unpaired) electrons. The van der Waals surface area contributed by atoms with Gasteiger partial charge in [-0.25, -0.2) is 13.4 Å². The summed E-state index contributed by atoms with van der Waals surface area (Å²) in [7, 11) is 1.58. The van der Waals surface area contributed by atoms with Crippen molar-refractivity contribution in [2.24, 2.45) is 0 Å². The Kier molecular flexibility index (Phi) is 3.55. The summed E-state index contributed by atoms with van der Waals surface area (Å²) < 4.78 is 22.9. The quantitative estimate of drug-likeness (QED) is 0.620. The summed E-state index contributed by atoms with van der Waals surface area (Å²) in [6.45, 7) is 0.0228. The maximum atomic E-state index is 12.1. The predicted molar refractivity (Wildman–Crippen MR) is 82.3 cm³/mol. The van der Waals surface area contributed by atoms with Gasteiger partial charge < -0.3 is 4.90 Å². The molecule has 1 aliphatic heterocycles. The Morgan fingerprint density at radius 1 is 1.29 bits per heavy atom. The summed E-state index contributed by atoms with van der Waals surface area (Å²) in [5, 5.41) is 0.0777. The van der Waals surface area contributed by atoms with Gasteiger partial charge in [-0.2, -0.15) is 0 Å². The first-order chi connectivity index (χ1) is 9.86. The molecule has 0 saturated carbocycles. The van der Waals surface area contributed by atoms with Crippen LogP contribution in [-0.2, 0) is 13.8 Å². The number of carbonyl (C=O) groups excluding carboxylic acids is 1. The number of hydrogen-bond acceptors (Lipinski definition) is 4. The van der Waals surface area contributed by atoms with Crippen LogP contribution in [0.2, 0.25) is 5.15 Å². The molecule has 0 aliphatic carbocycles. The molecule has 3 rings (SSSR count). The van der Waals surface area contributed by atoms with Crippen LogP contribution >= 0.6 is 22.3 Å². The minimum absolute atomic E-state index is 0.0228. The fourth-order valence-corrected chi connectivity index (χ4v) is 3.67. The number of anilines is 1. The van der Waals surface area contributed by atoms with Crippen molar-refractivity contribution in [2.75, 3.05) is 11.4 Å². The zero-order valence-corrected chi connectivity index (χ0v) is 13.0. The number of amides is 1. The van der Waals surface area contributed by atoms with Crippen molar-refractivity contribution in [3.05, 3.63) is 35.5 Å². The van der Waals surface area contributed by atoms with Gasteiger partial charge in [-0.3, -0.25) is 4.79 Å². The van der Waals surface area contributed by atoms with Crippen molar-refractivity contribution in [3.63, 3.8) is 0 Å². The highest BCUT2D eigenvalue weighted by Crippen LogP contribution is 2.33. The summed E-state index contributed by atoms with van der Waals surface area (Å²) in [6.07, 6.45) is -0.125. The molecule has 0 spiro atoms. The summed E-state index contributed by atoms with van der Waals surface area (Å²) in [4.78, 5) is 17.7. The molecule has 2 aromatic rings. The molecule has 1 atom stereocenters. The number of para-hydroxylation sites is 1. The first-order valence-electron chi connectivity index (χ1n) is 6.15. The van der Waals surface area contributed by atoms with Crippen LogP contribution in [0.4, 0.5) is 5.69 Å². The van der Waals surface area contributed by atoms with Gasteiger partial charge in [0.2, 0.25) is 15.0 Å². The zero-order chi connectivity index (χ0) is 15.2. The molecule has 0 N–H and O–H groups in total. The lowest BCUT2D eigenvalue weighted by molar-refractivity contribution is -0.117. The van der Waals surface area contributed by atoms with Crippen LogP contribution in [0.3, 0.4) is 0 Å². The molecular formula is C13H10Cl2N2O3S. The van der Waals surface area contributed by atoms with Gasteiger partial charge in [-0.15, -0.1) is 0 Å². The Bertz CT molecular complexity index is 838. The van der Waals surface area contributed by atoms with E-state index in [2.05, 4.69) is 4.98 Å². The number of rotatable bonds is 2. The molecule has 1 saturated heterocycles. The van der Waals surface area contributed by atoms with E-state index >= 15 is 0 Å². The van der Waals surface area contributed by atoms with Gasteiger partial charge in [0.25, 0.3) is 0 Å². The Hall–Kier alpha value is -1.37. The van der Waals surface area contributed by atoms with E-state index in [4.69, 9.17) is 22.3 Å². The van der Waals surface area contributed by atoms with Crippen LogP contribution < -0.4 is 4.90 Å². The standard InChI is InChI=1S/C13H10Cl2N2O3S/c14-12-6-11(9-3-1-2-4-10(9)16-12)17-7-8(5-13(17)18)21(15,19)20/h1-4,6,8H,5,7H2. The van der Waals surface area contributed by atoms with E-state index in [1.807, 2.05) is 18.2 Å². The highest BCUT2D eigenvalue weighted by molar-refractivity contribution is 8.14. The summed E-state index contributed by atoms with van der Waals surface area (Å²) in [5.41, 5.74) is 1.20. The third-order valence-electron chi connectivity index (χ3n) is 3.44. The van der Waals surface area contributed by atoms with Crippen molar-refractivity contribution >= 4 is 53.8 Å². The third-order valence-corrected chi connectivity index (χ3v) is 5.50. The van der Waals surface area contributed by atoms with E-state index in [9.17, 15) is 13.2 Å². The van der Waals surface area contributed by atoms with E-state index in [1.165, 1.54) is 4.90 Å². The van der Waals surface area contributed by atoms with E-state index < -0.39 is 14.3 Å². The lowest BCUT2D eigenvalue weighted by atomic mass is 10.2. The number of carbonyl (C=O) groups is 1. The van der Waals surface area contributed by atoms with Crippen molar-refractivity contribution < 1.29 is 13.2 Å². The van der Waals surface area contributed by atoms with Crippen molar-refractivity contribution in [1.82, 2.24) is 4.98 Å². The van der Waals surface area contributed by atoms with Crippen LogP contribution in [0.25, 0.3) is 10.9 Å². The molecule has 1 aliphatic rings. The molecule has 1 amide bonds. The average molecular weight is 345 g/mol. The summed E-state index contributed by atoms with van der Waals surface area (Å²) >= 11 is 5.98. The molecule has 1 fully saturated rings.